The van der Waals surface area contributed by atoms with E-state index in [1.807, 2.05) is 24.0 Å². The Morgan fingerprint density at radius 2 is 2.42 bits per heavy atom. The van der Waals surface area contributed by atoms with Gasteiger partial charge in [0.25, 0.3) is 0 Å². The first-order chi connectivity index (χ1) is 9.18. The molecule has 0 aliphatic heterocycles. The highest BCUT2D eigenvalue weighted by molar-refractivity contribution is 7.10. The Morgan fingerprint density at radius 3 is 2.95 bits per heavy atom. The van der Waals surface area contributed by atoms with Crippen molar-refractivity contribution in [3.8, 4) is 0 Å². The van der Waals surface area contributed by atoms with E-state index in [-0.39, 0.29) is 6.04 Å². The van der Waals surface area contributed by atoms with Gasteiger partial charge < -0.3 is 15.0 Å². The van der Waals surface area contributed by atoms with Gasteiger partial charge in [0.15, 0.2) is 0 Å². The number of aliphatic hydroxyl groups is 1. The lowest BCUT2D eigenvalue weighted by atomic mass is 9.80. The summed E-state index contributed by atoms with van der Waals surface area (Å²) < 4.78 is 2.03. The van der Waals surface area contributed by atoms with Crippen LogP contribution in [0.2, 0.25) is 0 Å². The van der Waals surface area contributed by atoms with E-state index in [2.05, 4.69) is 27.8 Å². The first-order valence-electron chi connectivity index (χ1n) is 6.64. The average Bonchev–Trinajstić information content (AvgIpc) is 3.00. The predicted octanol–water partition coefficient (Wildman–Crippen LogP) is 2.08. The lowest BCUT2D eigenvalue weighted by Gasteiger charge is -2.37. The molecule has 4 nitrogen and oxygen atoms in total. The molecule has 0 amide bonds. The molecule has 0 aromatic carbocycles. The molecule has 0 spiro atoms. The van der Waals surface area contributed by atoms with Crippen molar-refractivity contribution in [1.29, 1.82) is 0 Å². The summed E-state index contributed by atoms with van der Waals surface area (Å²) in [5.74, 6) is 0.991. The van der Waals surface area contributed by atoms with Gasteiger partial charge in [0.1, 0.15) is 11.9 Å². The largest absolute Gasteiger partial charge is 0.389 e. The van der Waals surface area contributed by atoms with Crippen molar-refractivity contribution >= 4 is 11.3 Å². The molecule has 2 N–H and O–H groups in total. The summed E-state index contributed by atoms with van der Waals surface area (Å²) in [4.78, 5) is 5.68. The second-order valence-electron chi connectivity index (χ2n) is 5.30. The summed E-state index contributed by atoms with van der Waals surface area (Å²) >= 11 is 1.72. The van der Waals surface area contributed by atoms with Crippen molar-refractivity contribution in [1.82, 2.24) is 14.9 Å². The maximum absolute atomic E-state index is 10.2. The van der Waals surface area contributed by atoms with Crippen molar-refractivity contribution in [2.24, 2.45) is 7.05 Å². The smallest absolute Gasteiger partial charge is 0.131 e. The molecule has 2 aromatic rings. The molecule has 102 valence electrons. The zero-order chi connectivity index (χ0) is 13.3. The maximum atomic E-state index is 10.2. The van der Waals surface area contributed by atoms with E-state index < -0.39 is 5.60 Å². The minimum atomic E-state index is -0.513. The van der Waals surface area contributed by atoms with Crippen molar-refractivity contribution < 1.29 is 5.11 Å². The summed E-state index contributed by atoms with van der Waals surface area (Å²) in [6.45, 7) is 0.627. The molecular formula is C14H19N3OS. The van der Waals surface area contributed by atoms with Crippen LogP contribution in [0.3, 0.4) is 0 Å². The van der Waals surface area contributed by atoms with Crippen molar-refractivity contribution in [3.63, 3.8) is 0 Å². The number of thiophene rings is 1. The summed E-state index contributed by atoms with van der Waals surface area (Å²) in [5.41, 5.74) is -0.513. The van der Waals surface area contributed by atoms with Crippen LogP contribution in [0, 0.1) is 0 Å². The van der Waals surface area contributed by atoms with Crippen LogP contribution in [0.4, 0.5) is 0 Å². The highest BCUT2D eigenvalue weighted by Gasteiger charge is 2.35. The normalized spacial score (nSPS) is 19.1. The van der Waals surface area contributed by atoms with Crippen LogP contribution in [-0.2, 0) is 7.05 Å². The molecule has 1 atom stereocenters. The minimum absolute atomic E-state index is 0.0598. The van der Waals surface area contributed by atoms with E-state index in [4.69, 9.17) is 0 Å². The van der Waals surface area contributed by atoms with Gasteiger partial charge in [-0.15, -0.1) is 11.3 Å². The number of rotatable bonds is 5. The fourth-order valence-corrected chi connectivity index (χ4v) is 3.28. The molecule has 1 aliphatic rings. The molecule has 1 fully saturated rings. The van der Waals surface area contributed by atoms with Gasteiger partial charge in [-0.05, 0) is 30.7 Å². The molecule has 5 heteroatoms. The fraction of sp³-hybridized carbons (Fsp3) is 0.500. The molecule has 2 aromatic heterocycles. The third-order valence-corrected chi connectivity index (χ3v) is 4.80. The first kappa shape index (κ1) is 12.8. The van der Waals surface area contributed by atoms with E-state index in [0.29, 0.717) is 6.54 Å². The van der Waals surface area contributed by atoms with E-state index in [1.54, 1.807) is 11.3 Å². The zero-order valence-electron chi connectivity index (χ0n) is 11.0. The van der Waals surface area contributed by atoms with Crippen LogP contribution in [0.15, 0.2) is 29.9 Å². The standard InChI is InChI=1S/C14H19N3OS/c1-17-8-7-15-13(17)12(11-4-2-9-19-11)16-10-14(18)5-3-6-14/h2,4,7-9,12,16,18H,3,5-6,10H2,1H3. The van der Waals surface area contributed by atoms with Crippen LogP contribution in [-0.4, -0.2) is 26.8 Å². The second kappa shape index (κ2) is 5.07. The monoisotopic (exact) mass is 277 g/mol. The molecule has 0 radical (unpaired) electrons. The van der Waals surface area contributed by atoms with Crippen molar-refractivity contribution in [2.75, 3.05) is 6.54 Å². The van der Waals surface area contributed by atoms with Gasteiger partial charge in [0.05, 0.1) is 5.60 Å². The van der Waals surface area contributed by atoms with Gasteiger partial charge in [0.2, 0.25) is 0 Å². The Hall–Kier alpha value is -1.17. The quantitative estimate of drug-likeness (QED) is 0.879. The average molecular weight is 277 g/mol. The van der Waals surface area contributed by atoms with Gasteiger partial charge in [0, 0.05) is 30.9 Å². The molecule has 19 heavy (non-hydrogen) atoms. The molecule has 1 saturated carbocycles. The van der Waals surface area contributed by atoms with Crippen molar-refractivity contribution in [2.45, 2.75) is 30.9 Å². The predicted molar refractivity (Wildman–Crippen MR) is 76.2 cm³/mol. The molecule has 0 saturated heterocycles. The maximum Gasteiger partial charge on any atom is 0.131 e. The van der Waals surface area contributed by atoms with Gasteiger partial charge in [-0.25, -0.2) is 4.98 Å². The van der Waals surface area contributed by atoms with Gasteiger partial charge in [-0.2, -0.15) is 0 Å². The number of nitrogens with zero attached hydrogens (tertiary/aromatic N) is 2. The summed E-state index contributed by atoms with van der Waals surface area (Å²) in [7, 11) is 2.00. The van der Waals surface area contributed by atoms with Gasteiger partial charge >= 0.3 is 0 Å². The number of imidazole rings is 1. The Morgan fingerprint density at radius 1 is 1.58 bits per heavy atom. The summed E-state index contributed by atoms with van der Waals surface area (Å²) in [5, 5.41) is 15.8. The van der Waals surface area contributed by atoms with Crippen LogP contribution in [0.5, 0.6) is 0 Å². The SMILES string of the molecule is Cn1ccnc1C(NCC1(O)CCC1)c1cccs1. The van der Waals surface area contributed by atoms with Crippen LogP contribution in [0.1, 0.15) is 36.0 Å². The van der Waals surface area contributed by atoms with Crippen LogP contribution in [0.25, 0.3) is 0 Å². The van der Waals surface area contributed by atoms with Crippen LogP contribution < -0.4 is 5.32 Å². The Balaban J connectivity index is 1.79. The number of hydrogen-bond donors (Lipinski definition) is 2. The Kier molecular flexibility index (Phi) is 3.43. The van der Waals surface area contributed by atoms with E-state index >= 15 is 0 Å². The number of hydrogen-bond acceptors (Lipinski definition) is 4. The van der Waals surface area contributed by atoms with Gasteiger partial charge in [-0.3, -0.25) is 0 Å². The van der Waals surface area contributed by atoms with E-state index in [1.165, 1.54) is 4.88 Å². The lowest BCUT2D eigenvalue weighted by molar-refractivity contribution is -0.0326. The molecule has 0 bridgehead atoms. The Labute approximate surface area is 117 Å². The molecule has 1 aliphatic carbocycles. The third kappa shape index (κ3) is 2.59. The topological polar surface area (TPSA) is 50.1 Å². The van der Waals surface area contributed by atoms with Crippen molar-refractivity contribution in [3.05, 3.63) is 40.6 Å². The lowest BCUT2D eigenvalue weighted by Crippen LogP contribution is -2.47. The molecular weight excluding hydrogens is 258 g/mol. The second-order valence-corrected chi connectivity index (χ2v) is 6.28. The number of aromatic nitrogens is 2. The van der Waals surface area contributed by atoms with E-state index in [0.717, 1.165) is 25.1 Å². The van der Waals surface area contributed by atoms with Gasteiger partial charge in [-0.1, -0.05) is 6.07 Å². The van der Waals surface area contributed by atoms with Crippen LogP contribution >= 0.6 is 11.3 Å². The molecule has 2 heterocycles. The molecule has 1 unspecified atom stereocenters. The van der Waals surface area contributed by atoms with E-state index in [9.17, 15) is 5.11 Å². The summed E-state index contributed by atoms with van der Waals surface area (Å²) in [6.07, 6.45) is 6.70. The third-order valence-electron chi connectivity index (χ3n) is 3.86. The highest BCUT2D eigenvalue weighted by atomic mass is 32.1. The molecule has 3 rings (SSSR count). The minimum Gasteiger partial charge on any atom is -0.389 e. The first-order valence-corrected chi connectivity index (χ1v) is 7.52. The fourth-order valence-electron chi connectivity index (χ4n) is 2.48. The zero-order valence-corrected chi connectivity index (χ0v) is 11.9. The number of nitrogens with one attached hydrogen (secondary N) is 1. The Bertz CT molecular complexity index is 531. The summed E-state index contributed by atoms with van der Waals surface area (Å²) in [6, 6.07) is 4.22. The highest BCUT2D eigenvalue weighted by Crippen LogP contribution is 2.32. The number of aryl methyl sites for hydroxylation is 1.